The van der Waals surface area contributed by atoms with E-state index in [9.17, 15) is 9.59 Å². The van der Waals surface area contributed by atoms with Crippen LogP contribution in [0.15, 0.2) is 47.5 Å². The molecule has 1 aromatic carbocycles. The van der Waals surface area contributed by atoms with E-state index in [-0.39, 0.29) is 17.5 Å². The summed E-state index contributed by atoms with van der Waals surface area (Å²) >= 11 is 0. The predicted molar refractivity (Wildman–Crippen MR) is 167 cm³/mol. The Balaban J connectivity index is 1.47. The maximum atomic E-state index is 13.7. The van der Waals surface area contributed by atoms with E-state index in [1.54, 1.807) is 6.07 Å². The quantitative estimate of drug-likeness (QED) is 0.299. The topological polar surface area (TPSA) is 112 Å². The van der Waals surface area contributed by atoms with Gasteiger partial charge in [0.05, 0.1) is 0 Å². The van der Waals surface area contributed by atoms with Gasteiger partial charge in [-0.1, -0.05) is 6.92 Å². The molecule has 0 saturated carbocycles. The fourth-order valence-corrected chi connectivity index (χ4v) is 5.72. The molecule has 9 heteroatoms. The minimum atomic E-state index is -0.213. The zero-order valence-electron chi connectivity index (χ0n) is 24.8. The Labute approximate surface area is 241 Å². The zero-order valence-corrected chi connectivity index (χ0v) is 24.8. The van der Waals surface area contributed by atoms with E-state index in [0.717, 1.165) is 71.6 Å². The van der Waals surface area contributed by atoms with Gasteiger partial charge in [0.1, 0.15) is 11.6 Å². The lowest BCUT2D eigenvalue weighted by molar-refractivity contribution is 0.0955. The number of anilines is 2. The van der Waals surface area contributed by atoms with Gasteiger partial charge in [0.2, 0.25) is 0 Å². The number of nitrogen functional groups attached to an aromatic ring is 1. The number of fused-ring (bicyclic) bond motifs is 1. The number of hydrogen-bond donors (Lipinski definition) is 3. The molecule has 1 saturated heterocycles. The summed E-state index contributed by atoms with van der Waals surface area (Å²) in [5, 5.41) is 4.02. The molecule has 41 heavy (non-hydrogen) atoms. The van der Waals surface area contributed by atoms with Crippen molar-refractivity contribution in [3.05, 3.63) is 75.3 Å². The Morgan fingerprint density at radius 3 is 2.51 bits per heavy atom. The first kappa shape index (κ1) is 28.4. The van der Waals surface area contributed by atoms with Gasteiger partial charge in [0.15, 0.2) is 0 Å². The largest absolute Gasteiger partial charge is 0.385 e. The number of aromatic nitrogens is 3. The highest BCUT2D eigenvalue weighted by atomic mass is 16.1. The summed E-state index contributed by atoms with van der Waals surface area (Å²) in [6, 6.07) is 10.4. The molecule has 3 aromatic heterocycles. The van der Waals surface area contributed by atoms with Crippen LogP contribution >= 0.6 is 0 Å². The summed E-state index contributed by atoms with van der Waals surface area (Å²) in [6.45, 7) is 12.6. The molecule has 0 radical (unpaired) electrons. The molecule has 1 atom stereocenters. The van der Waals surface area contributed by atoms with Crippen molar-refractivity contribution in [2.24, 2.45) is 0 Å². The van der Waals surface area contributed by atoms with Crippen LogP contribution in [0.4, 0.5) is 11.6 Å². The van der Waals surface area contributed by atoms with Crippen molar-refractivity contribution in [2.45, 2.75) is 46.6 Å². The number of rotatable bonds is 8. The Hall–Kier alpha value is -4.11. The highest BCUT2D eigenvalue weighted by molar-refractivity contribution is 6.09. The van der Waals surface area contributed by atoms with E-state index in [0.29, 0.717) is 29.9 Å². The molecule has 0 bridgehead atoms. The number of H-pyrrole nitrogens is 1. The minimum Gasteiger partial charge on any atom is -0.385 e. The maximum absolute atomic E-state index is 13.7. The third-order valence-electron chi connectivity index (χ3n) is 8.38. The van der Waals surface area contributed by atoms with Crippen molar-refractivity contribution >= 4 is 28.4 Å². The number of hydrogen-bond acceptors (Lipinski definition) is 6. The fourth-order valence-electron chi connectivity index (χ4n) is 5.72. The highest BCUT2D eigenvalue weighted by Crippen LogP contribution is 2.34. The molecule has 1 amide bonds. The maximum Gasteiger partial charge on any atom is 0.253 e. The summed E-state index contributed by atoms with van der Waals surface area (Å²) < 4.78 is 2.27. The molecule has 1 aliphatic rings. The van der Waals surface area contributed by atoms with Crippen molar-refractivity contribution in [2.75, 3.05) is 50.4 Å². The van der Waals surface area contributed by atoms with Gasteiger partial charge in [-0.3, -0.25) is 9.59 Å². The van der Waals surface area contributed by atoms with E-state index >= 15 is 0 Å². The van der Waals surface area contributed by atoms with Crippen LogP contribution in [0.5, 0.6) is 0 Å². The SMILES string of the molecule is CCC(C)n1cc(C)c2c(C(=O)NCCc3c(C)cc(N)[nH]c3=O)cc(-c3ccc(N4CCN(C)CC4)nc3)cc21. The number of aromatic amines is 1. The summed E-state index contributed by atoms with van der Waals surface area (Å²) in [5.74, 6) is 1.16. The van der Waals surface area contributed by atoms with E-state index < -0.39 is 0 Å². The first-order valence-electron chi connectivity index (χ1n) is 14.5. The average Bonchev–Trinajstić information content (AvgIpc) is 3.30. The number of carbonyl (C=O) groups excluding carboxylic acids is 1. The Morgan fingerprint density at radius 2 is 1.85 bits per heavy atom. The molecular formula is C32H41N7O2. The van der Waals surface area contributed by atoms with Gasteiger partial charge in [0.25, 0.3) is 11.5 Å². The normalized spacial score (nSPS) is 14.9. The van der Waals surface area contributed by atoms with Crippen LogP contribution < -0.4 is 21.5 Å². The lowest BCUT2D eigenvalue weighted by Crippen LogP contribution is -2.44. The smallest absolute Gasteiger partial charge is 0.253 e. The van der Waals surface area contributed by atoms with Gasteiger partial charge in [-0.2, -0.15) is 0 Å². The number of nitrogens with zero attached hydrogens (tertiary/aromatic N) is 4. The second-order valence-electron chi connectivity index (χ2n) is 11.3. The van der Waals surface area contributed by atoms with Crippen molar-refractivity contribution in [3.63, 3.8) is 0 Å². The Bertz CT molecular complexity index is 1610. The number of carbonyl (C=O) groups is 1. The molecule has 5 rings (SSSR count). The number of nitrogens with one attached hydrogen (secondary N) is 2. The van der Waals surface area contributed by atoms with Crippen LogP contribution in [0.25, 0.3) is 22.0 Å². The van der Waals surface area contributed by atoms with Crippen molar-refractivity contribution < 1.29 is 4.79 Å². The van der Waals surface area contributed by atoms with Crippen LogP contribution in [-0.2, 0) is 6.42 Å². The zero-order chi connectivity index (χ0) is 29.3. The number of pyridine rings is 2. The monoisotopic (exact) mass is 555 g/mol. The van der Waals surface area contributed by atoms with E-state index in [1.807, 2.05) is 19.2 Å². The van der Waals surface area contributed by atoms with Crippen molar-refractivity contribution in [3.8, 4) is 11.1 Å². The third-order valence-corrected chi connectivity index (χ3v) is 8.38. The van der Waals surface area contributed by atoms with Crippen LogP contribution in [0.1, 0.15) is 53.4 Å². The van der Waals surface area contributed by atoms with E-state index in [4.69, 9.17) is 10.7 Å². The molecule has 4 heterocycles. The first-order chi connectivity index (χ1) is 19.7. The van der Waals surface area contributed by atoms with Crippen molar-refractivity contribution in [1.29, 1.82) is 0 Å². The minimum absolute atomic E-state index is 0.159. The summed E-state index contributed by atoms with van der Waals surface area (Å²) in [4.78, 5) is 38.2. The Kier molecular flexibility index (Phi) is 8.17. The van der Waals surface area contributed by atoms with Gasteiger partial charge in [-0.25, -0.2) is 4.98 Å². The van der Waals surface area contributed by atoms with Gasteiger partial charge in [-0.05, 0) is 87.7 Å². The summed E-state index contributed by atoms with van der Waals surface area (Å²) in [7, 11) is 2.15. The van der Waals surface area contributed by atoms with Gasteiger partial charge >= 0.3 is 0 Å². The van der Waals surface area contributed by atoms with Crippen LogP contribution in [0.3, 0.4) is 0 Å². The van der Waals surface area contributed by atoms with Crippen LogP contribution in [-0.4, -0.2) is 65.1 Å². The number of piperazine rings is 1. The fraction of sp³-hybridized carbons (Fsp3) is 0.406. The van der Waals surface area contributed by atoms with Gasteiger partial charge in [-0.15, -0.1) is 0 Å². The predicted octanol–water partition coefficient (Wildman–Crippen LogP) is 4.29. The van der Waals surface area contributed by atoms with Gasteiger partial charge in [0, 0.05) is 78.8 Å². The number of nitrogens with two attached hydrogens (primary N) is 1. The van der Waals surface area contributed by atoms with E-state index in [2.05, 4.69) is 76.9 Å². The van der Waals surface area contributed by atoms with Crippen LogP contribution in [0.2, 0.25) is 0 Å². The molecule has 4 aromatic rings. The number of likely N-dealkylation sites (N-methyl/N-ethyl adjacent to an activating group) is 1. The average molecular weight is 556 g/mol. The molecule has 9 nitrogen and oxygen atoms in total. The molecule has 0 aliphatic carbocycles. The lowest BCUT2D eigenvalue weighted by Gasteiger charge is -2.33. The molecule has 216 valence electrons. The molecule has 1 aliphatic heterocycles. The third kappa shape index (κ3) is 5.86. The molecule has 0 spiro atoms. The standard InChI is InChI=1S/C32H41N7O2/c1-6-22(4)39-19-21(3)30-26(31(40)34-10-9-25-20(2)15-28(33)36-32(25)41)16-24(17-27(30)39)23-7-8-29(35-18-23)38-13-11-37(5)12-14-38/h7-8,15-19,22H,6,9-14H2,1-5H3,(H,34,40)(H3,33,36,41). The second-order valence-corrected chi connectivity index (χ2v) is 11.3. The van der Waals surface area contributed by atoms with Crippen molar-refractivity contribution in [1.82, 2.24) is 24.8 Å². The number of aryl methyl sites for hydroxylation is 2. The highest BCUT2D eigenvalue weighted by Gasteiger charge is 2.20. The molecule has 1 fully saturated rings. The second kappa shape index (κ2) is 11.8. The van der Waals surface area contributed by atoms with Crippen LogP contribution in [0, 0.1) is 13.8 Å². The molecule has 1 unspecified atom stereocenters. The van der Waals surface area contributed by atoms with Gasteiger partial charge < -0.3 is 30.4 Å². The van der Waals surface area contributed by atoms with E-state index in [1.165, 1.54) is 0 Å². The summed E-state index contributed by atoms with van der Waals surface area (Å²) in [5.41, 5.74) is 11.6. The number of amides is 1. The first-order valence-corrected chi connectivity index (χ1v) is 14.5. The number of benzene rings is 1. The Morgan fingerprint density at radius 1 is 1.10 bits per heavy atom. The lowest BCUT2D eigenvalue weighted by atomic mass is 9.98. The molecule has 4 N–H and O–H groups in total. The molecular weight excluding hydrogens is 514 g/mol. The summed E-state index contributed by atoms with van der Waals surface area (Å²) in [6.07, 6.45) is 5.45.